The summed E-state index contributed by atoms with van der Waals surface area (Å²) in [6, 6.07) is 4.08. The van der Waals surface area contributed by atoms with Gasteiger partial charge in [0, 0.05) is 6.07 Å². The van der Waals surface area contributed by atoms with Crippen LogP contribution in [0.15, 0.2) is 18.2 Å². The van der Waals surface area contributed by atoms with Crippen LogP contribution in [0.3, 0.4) is 0 Å². The molecule has 20 heavy (non-hydrogen) atoms. The molecule has 108 valence electrons. The first-order valence-electron chi connectivity index (χ1n) is 6.24. The van der Waals surface area contributed by atoms with Crippen molar-refractivity contribution in [1.82, 2.24) is 0 Å². The molecule has 0 unspecified atom stereocenters. The van der Waals surface area contributed by atoms with Crippen LogP contribution >= 0.6 is 0 Å². The first-order chi connectivity index (χ1) is 9.52. The molecule has 1 aliphatic heterocycles. The molecule has 7 nitrogen and oxygen atoms in total. The van der Waals surface area contributed by atoms with Crippen LogP contribution in [-0.4, -0.2) is 31.2 Å². The molecular weight excluding hydrogens is 264 g/mol. The number of anilines is 1. The number of rotatable bonds is 5. The highest BCUT2D eigenvalue weighted by molar-refractivity contribution is 5.97. The van der Waals surface area contributed by atoms with Crippen LogP contribution in [-0.2, 0) is 9.53 Å². The lowest BCUT2D eigenvalue weighted by molar-refractivity contribution is -0.384. The van der Waals surface area contributed by atoms with Crippen LogP contribution in [0.4, 0.5) is 11.4 Å². The number of methoxy groups -OCH3 is 1. The topological polar surface area (TPSA) is 90.7 Å². The molecule has 0 atom stereocenters. The van der Waals surface area contributed by atoms with Crippen molar-refractivity contribution in [3.8, 4) is 5.75 Å². The lowest BCUT2D eigenvalue weighted by Crippen LogP contribution is -2.51. The van der Waals surface area contributed by atoms with Crippen molar-refractivity contribution in [2.45, 2.75) is 13.3 Å². The van der Waals surface area contributed by atoms with E-state index in [4.69, 9.17) is 9.47 Å². The molecule has 1 amide bonds. The van der Waals surface area contributed by atoms with E-state index in [9.17, 15) is 14.9 Å². The summed E-state index contributed by atoms with van der Waals surface area (Å²) in [7, 11) is 1.40. The Labute approximate surface area is 116 Å². The van der Waals surface area contributed by atoms with Gasteiger partial charge in [0.05, 0.1) is 42.4 Å². The number of ether oxygens (including phenoxy) is 2. The summed E-state index contributed by atoms with van der Waals surface area (Å²) in [5.41, 5.74) is -0.174. The fourth-order valence-electron chi connectivity index (χ4n) is 2.00. The van der Waals surface area contributed by atoms with E-state index in [1.807, 2.05) is 6.92 Å². The fraction of sp³-hybridized carbons (Fsp3) is 0.462. The molecular formula is C13H16N2O5. The van der Waals surface area contributed by atoms with Gasteiger partial charge in [-0.1, -0.05) is 6.92 Å². The summed E-state index contributed by atoms with van der Waals surface area (Å²) in [5.74, 6) is 0.109. The van der Waals surface area contributed by atoms with Gasteiger partial charge in [0.1, 0.15) is 5.75 Å². The van der Waals surface area contributed by atoms with Crippen molar-refractivity contribution < 1.29 is 19.2 Å². The van der Waals surface area contributed by atoms with Gasteiger partial charge in [-0.05, 0) is 12.5 Å². The van der Waals surface area contributed by atoms with E-state index in [2.05, 4.69) is 5.32 Å². The van der Waals surface area contributed by atoms with Gasteiger partial charge in [-0.3, -0.25) is 14.9 Å². The zero-order chi connectivity index (χ0) is 14.8. The van der Waals surface area contributed by atoms with Gasteiger partial charge in [-0.2, -0.15) is 0 Å². The second-order valence-electron chi connectivity index (χ2n) is 4.72. The van der Waals surface area contributed by atoms with Crippen LogP contribution in [0.5, 0.6) is 5.75 Å². The molecule has 1 N–H and O–H groups in total. The number of nitro groups is 1. The predicted molar refractivity (Wildman–Crippen MR) is 71.8 cm³/mol. The minimum atomic E-state index is -0.512. The third-order valence-electron chi connectivity index (χ3n) is 3.56. The predicted octanol–water partition coefficient (Wildman–Crippen LogP) is 1.97. The number of nitrogens with zero attached hydrogens (tertiary/aromatic N) is 1. The molecule has 0 saturated carbocycles. The molecule has 7 heteroatoms. The number of carbonyl (C=O) groups excluding carboxylic acids is 1. The maximum absolute atomic E-state index is 12.3. The number of nitro benzene ring substituents is 1. The van der Waals surface area contributed by atoms with E-state index >= 15 is 0 Å². The molecule has 0 spiro atoms. The quantitative estimate of drug-likeness (QED) is 0.657. The van der Waals surface area contributed by atoms with Crippen LogP contribution in [0, 0.1) is 15.5 Å². The highest BCUT2D eigenvalue weighted by Gasteiger charge is 2.44. The smallest absolute Gasteiger partial charge is 0.273 e. The number of benzene rings is 1. The lowest BCUT2D eigenvalue weighted by atomic mass is 9.82. The van der Waals surface area contributed by atoms with Crippen LogP contribution < -0.4 is 10.1 Å². The third-order valence-corrected chi connectivity index (χ3v) is 3.56. The zero-order valence-electron chi connectivity index (χ0n) is 11.3. The van der Waals surface area contributed by atoms with Crippen LogP contribution in [0.2, 0.25) is 0 Å². The Morgan fingerprint density at radius 2 is 2.25 bits per heavy atom. The standard InChI is InChI=1S/C13H16N2O5/c1-3-13(7-20-8-13)12(16)14-10-5-4-9(15(17)18)6-11(10)19-2/h4-6H,3,7-8H2,1-2H3,(H,14,16). The summed E-state index contributed by atoms with van der Waals surface area (Å²) in [6.07, 6.45) is 0.675. The van der Waals surface area contributed by atoms with E-state index in [1.165, 1.54) is 25.3 Å². The van der Waals surface area contributed by atoms with Gasteiger partial charge in [0.25, 0.3) is 5.69 Å². The molecule has 0 bridgehead atoms. The SMILES string of the molecule is CCC1(C(=O)Nc2ccc([N+](=O)[O-])cc2OC)COC1. The van der Waals surface area contributed by atoms with E-state index in [0.717, 1.165) is 0 Å². The summed E-state index contributed by atoms with van der Waals surface area (Å²) >= 11 is 0. The van der Waals surface area contributed by atoms with Crippen molar-refractivity contribution >= 4 is 17.3 Å². The van der Waals surface area contributed by atoms with Gasteiger partial charge < -0.3 is 14.8 Å². The zero-order valence-corrected chi connectivity index (χ0v) is 11.3. The monoisotopic (exact) mass is 280 g/mol. The number of carbonyl (C=O) groups is 1. The van der Waals surface area contributed by atoms with Crippen LogP contribution in [0.1, 0.15) is 13.3 Å². The molecule has 1 aromatic carbocycles. The van der Waals surface area contributed by atoms with Crippen LogP contribution in [0.25, 0.3) is 0 Å². The Bertz CT molecular complexity index is 534. The van der Waals surface area contributed by atoms with E-state index in [-0.39, 0.29) is 17.3 Å². The molecule has 0 aromatic heterocycles. The minimum absolute atomic E-state index is 0.0861. The van der Waals surface area contributed by atoms with Crippen molar-refractivity contribution in [3.05, 3.63) is 28.3 Å². The third kappa shape index (κ3) is 2.44. The second-order valence-corrected chi connectivity index (χ2v) is 4.72. The maximum Gasteiger partial charge on any atom is 0.273 e. The average molecular weight is 280 g/mol. The number of nitrogens with one attached hydrogen (secondary N) is 1. The maximum atomic E-state index is 12.3. The second kappa shape index (κ2) is 5.46. The minimum Gasteiger partial charge on any atom is -0.494 e. The molecule has 1 saturated heterocycles. The van der Waals surface area contributed by atoms with Gasteiger partial charge in [-0.15, -0.1) is 0 Å². The van der Waals surface area contributed by atoms with Crippen molar-refractivity contribution in [2.75, 3.05) is 25.6 Å². The van der Waals surface area contributed by atoms with Gasteiger partial charge in [0.2, 0.25) is 5.91 Å². The fourth-order valence-corrected chi connectivity index (χ4v) is 2.00. The van der Waals surface area contributed by atoms with E-state index in [1.54, 1.807) is 0 Å². The lowest BCUT2D eigenvalue weighted by Gasteiger charge is -2.39. The number of hydrogen-bond donors (Lipinski definition) is 1. The van der Waals surface area contributed by atoms with Crippen molar-refractivity contribution in [1.29, 1.82) is 0 Å². The first kappa shape index (κ1) is 14.3. The summed E-state index contributed by atoms with van der Waals surface area (Å²) in [6.45, 7) is 2.71. The number of non-ortho nitro benzene ring substituents is 1. The molecule has 0 aliphatic carbocycles. The highest BCUT2D eigenvalue weighted by atomic mass is 16.6. The molecule has 1 aromatic rings. The van der Waals surface area contributed by atoms with Crippen molar-refractivity contribution in [3.63, 3.8) is 0 Å². The van der Waals surface area contributed by atoms with Gasteiger partial charge in [0.15, 0.2) is 0 Å². The molecule has 1 heterocycles. The highest BCUT2D eigenvalue weighted by Crippen LogP contribution is 2.35. The Morgan fingerprint density at radius 1 is 1.55 bits per heavy atom. The molecule has 2 rings (SSSR count). The largest absolute Gasteiger partial charge is 0.494 e. The van der Waals surface area contributed by atoms with E-state index in [0.29, 0.717) is 25.3 Å². The molecule has 1 fully saturated rings. The average Bonchev–Trinajstić information content (AvgIpc) is 2.38. The first-order valence-corrected chi connectivity index (χ1v) is 6.24. The summed E-state index contributed by atoms with van der Waals surface area (Å²) < 4.78 is 10.2. The van der Waals surface area contributed by atoms with Gasteiger partial charge in [-0.25, -0.2) is 0 Å². The van der Waals surface area contributed by atoms with Crippen molar-refractivity contribution in [2.24, 2.45) is 5.41 Å². The molecule has 0 radical (unpaired) electrons. The Morgan fingerprint density at radius 3 is 2.70 bits per heavy atom. The normalized spacial score (nSPS) is 16.1. The Kier molecular flexibility index (Phi) is 3.89. The summed E-state index contributed by atoms with van der Waals surface area (Å²) in [4.78, 5) is 22.5. The summed E-state index contributed by atoms with van der Waals surface area (Å²) in [5, 5.41) is 13.5. The molecule has 1 aliphatic rings. The Balaban J connectivity index is 2.21. The number of hydrogen-bond acceptors (Lipinski definition) is 5. The van der Waals surface area contributed by atoms with Gasteiger partial charge >= 0.3 is 0 Å². The number of amides is 1. The van der Waals surface area contributed by atoms with E-state index < -0.39 is 10.3 Å². The Hall–Kier alpha value is -2.15.